The Hall–Kier alpha value is -1.22. The molecule has 4 nitrogen and oxygen atoms in total. The zero-order valence-electron chi connectivity index (χ0n) is 11.0. The molecule has 2 rings (SSSR count). The van der Waals surface area contributed by atoms with Crippen LogP contribution in [-0.4, -0.2) is 37.7 Å². The van der Waals surface area contributed by atoms with E-state index in [2.05, 4.69) is 5.32 Å². The van der Waals surface area contributed by atoms with Crippen molar-refractivity contribution >= 4 is 0 Å². The van der Waals surface area contributed by atoms with Gasteiger partial charge < -0.3 is 19.9 Å². The van der Waals surface area contributed by atoms with E-state index in [1.54, 1.807) is 0 Å². The Labute approximate surface area is 118 Å². The Kier molecular flexibility index (Phi) is 5.15. The average Bonchev–Trinajstić information content (AvgIpc) is 2.44. The summed E-state index contributed by atoms with van der Waals surface area (Å²) < 4.78 is 62.0. The van der Waals surface area contributed by atoms with E-state index in [-0.39, 0.29) is 5.56 Å². The van der Waals surface area contributed by atoms with E-state index < -0.39 is 36.6 Å². The Morgan fingerprint density at radius 2 is 2.14 bits per heavy atom. The van der Waals surface area contributed by atoms with Gasteiger partial charge in [0.05, 0.1) is 18.8 Å². The van der Waals surface area contributed by atoms with E-state index in [9.17, 15) is 22.7 Å². The highest BCUT2D eigenvalue weighted by molar-refractivity contribution is 5.28. The van der Waals surface area contributed by atoms with Crippen LogP contribution in [-0.2, 0) is 15.7 Å². The lowest BCUT2D eigenvalue weighted by Crippen LogP contribution is -2.41. The highest BCUT2D eigenvalue weighted by Gasteiger charge is 2.32. The van der Waals surface area contributed by atoms with Crippen LogP contribution >= 0.6 is 0 Å². The van der Waals surface area contributed by atoms with Gasteiger partial charge in [-0.05, 0) is 23.8 Å². The minimum atomic E-state index is -4.67. The van der Waals surface area contributed by atoms with Crippen molar-refractivity contribution in [2.24, 2.45) is 0 Å². The van der Waals surface area contributed by atoms with Gasteiger partial charge in [0.25, 0.3) is 0 Å². The number of ether oxygens (including phenoxy) is 2. The first kappa shape index (κ1) is 16.2. The van der Waals surface area contributed by atoms with E-state index >= 15 is 0 Å². The van der Waals surface area contributed by atoms with Crippen LogP contribution in [0.3, 0.4) is 0 Å². The molecule has 1 saturated heterocycles. The first-order valence-electron chi connectivity index (χ1n) is 6.36. The molecule has 1 aromatic carbocycles. The molecular formula is C13H15F4NO3. The molecule has 1 aromatic rings. The van der Waals surface area contributed by atoms with Gasteiger partial charge in [-0.25, -0.2) is 4.39 Å². The Morgan fingerprint density at radius 1 is 1.38 bits per heavy atom. The summed E-state index contributed by atoms with van der Waals surface area (Å²) in [6, 6.07) is 2.07. The fraction of sp³-hybridized carbons (Fsp3) is 0.538. The number of aliphatic hydroxyl groups is 1. The number of rotatable bonds is 4. The monoisotopic (exact) mass is 309 g/mol. The minimum Gasteiger partial charge on any atom is -0.393 e. The number of nitrogens with one attached hydrogen (secondary N) is 1. The summed E-state index contributed by atoms with van der Waals surface area (Å²) in [4.78, 5) is 0. The molecule has 1 aliphatic rings. The van der Waals surface area contributed by atoms with Crippen molar-refractivity contribution in [3.05, 3.63) is 35.1 Å². The number of halogens is 4. The summed E-state index contributed by atoms with van der Waals surface area (Å²) in [5.74, 6) is -1.04. The summed E-state index contributed by atoms with van der Waals surface area (Å²) in [7, 11) is 0. The number of aliphatic hydroxyl groups excluding tert-OH is 1. The quantitative estimate of drug-likeness (QED) is 0.833. The van der Waals surface area contributed by atoms with Gasteiger partial charge in [-0.3, -0.25) is 0 Å². The molecule has 118 valence electrons. The molecule has 0 spiro atoms. The van der Waals surface area contributed by atoms with Gasteiger partial charge in [0, 0.05) is 13.1 Å². The van der Waals surface area contributed by atoms with Crippen molar-refractivity contribution in [3.63, 3.8) is 0 Å². The fourth-order valence-corrected chi connectivity index (χ4v) is 2.00. The number of alkyl halides is 3. The number of hydrogen-bond donors (Lipinski definition) is 2. The normalized spacial score (nSPS) is 21.3. The summed E-state index contributed by atoms with van der Waals surface area (Å²) in [5.41, 5.74) is -1.21. The zero-order valence-corrected chi connectivity index (χ0v) is 11.0. The predicted octanol–water partition coefficient (Wildman–Crippen LogP) is 1.84. The third-order valence-electron chi connectivity index (χ3n) is 2.99. The van der Waals surface area contributed by atoms with E-state index in [1.165, 1.54) is 0 Å². The zero-order chi connectivity index (χ0) is 15.5. The Balaban J connectivity index is 2.18. The largest absolute Gasteiger partial charge is 0.416 e. The van der Waals surface area contributed by atoms with Crippen molar-refractivity contribution in [1.82, 2.24) is 5.32 Å². The molecule has 0 saturated carbocycles. The van der Waals surface area contributed by atoms with Gasteiger partial charge in [0.15, 0.2) is 6.29 Å². The molecule has 21 heavy (non-hydrogen) atoms. The molecule has 1 fully saturated rings. The van der Waals surface area contributed by atoms with E-state index in [0.717, 1.165) is 12.1 Å². The van der Waals surface area contributed by atoms with E-state index in [1.807, 2.05) is 0 Å². The smallest absolute Gasteiger partial charge is 0.393 e. The van der Waals surface area contributed by atoms with Crippen molar-refractivity contribution < 1.29 is 32.1 Å². The highest BCUT2D eigenvalue weighted by Crippen LogP contribution is 2.32. The second kappa shape index (κ2) is 6.69. The van der Waals surface area contributed by atoms with Crippen LogP contribution in [0.25, 0.3) is 0 Å². The molecule has 1 heterocycles. The highest BCUT2D eigenvalue weighted by atomic mass is 19.4. The second-order valence-corrected chi connectivity index (χ2v) is 4.58. The predicted molar refractivity (Wildman–Crippen MR) is 64.9 cm³/mol. The second-order valence-electron chi connectivity index (χ2n) is 4.58. The molecule has 1 aliphatic heterocycles. The first-order valence-corrected chi connectivity index (χ1v) is 6.36. The molecule has 0 aromatic heterocycles. The van der Waals surface area contributed by atoms with Crippen LogP contribution < -0.4 is 5.32 Å². The molecule has 8 heteroatoms. The molecular weight excluding hydrogens is 294 g/mol. The fourth-order valence-electron chi connectivity index (χ4n) is 2.00. The van der Waals surface area contributed by atoms with Gasteiger partial charge in [0.2, 0.25) is 0 Å². The molecule has 2 atom stereocenters. The lowest BCUT2D eigenvalue weighted by molar-refractivity contribution is -0.188. The van der Waals surface area contributed by atoms with Gasteiger partial charge in [-0.15, -0.1) is 0 Å². The van der Waals surface area contributed by atoms with Crippen molar-refractivity contribution in [2.75, 3.05) is 26.3 Å². The van der Waals surface area contributed by atoms with Gasteiger partial charge in [-0.1, -0.05) is 0 Å². The van der Waals surface area contributed by atoms with Crippen LogP contribution in [0.5, 0.6) is 0 Å². The van der Waals surface area contributed by atoms with E-state index in [0.29, 0.717) is 25.8 Å². The Morgan fingerprint density at radius 3 is 2.71 bits per heavy atom. The maximum Gasteiger partial charge on any atom is 0.416 e. The molecule has 0 bridgehead atoms. The van der Waals surface area contributed by atoms with Crippen molar-refractivity contribution in [3.8, 4) is 0 Å². The molecule has 2 N–H and O–H groups in total. The van der Waals surface area contributed by atoms with Crippen LogP contribution in [0.15, 0.2) is 18.2 Å². The summed E-state index contributed by atoms with van der Waals surface area (Å²) in [5, 5.41) is 12.3. The third kappa shape index (κ3) is 4.37. The molecule has 0 aliphatic carbocycles. The summed E-state index contributed by atoms with van der Waals surface area (Å²) in [6.07, 6.45) is -6.46. The maximum atomic E-state index is 13.4. The third-order valence-corrected chi connectivity index (χ3v) is 2.99. The Bertz CT molecular complexity index is 475. The number of benzene rings is 1. The van der Waals surface area contributed by atoms with Crippen LogP contribution in [0, 0.1) is 5.82 Å². The van der Waals surface area contributed by atoms with Crippen molar-refractivity contribution in [1.29, 1.82) is 0 Å². The van der Waals surface area contributed by atoms with Gasteiger partial charge >= 0.3 is 6.18 Å². The van der Waals surface area contributed by atoms with Crippen LogP contribution in [0.2, 0.25) is 0 Å². The SMILES string of the molecule is OCC(OC1CNCCO1)c1cc(F)cc(C(F)(F)F)c1. The van der Waals surface area contributed by atoms with Gasteiger partial charge in [0.1, 0.15) is 11.9 Å². The topological polar surface area (TPSA) is 50.7 Å². The first-order chi connectivity index (χ1) is 9.90. The molecule has 2 unspecified atom stereocenters. The molecule has 0 amide bonds. The van der Waals surface area contributed by atoms with Crippen LogP contribution in [0.1, 0.15) is 17.2 Å². The maximum absolute atomic E-state index is 13.4. The lowest BCUT2D eigenvalue weighted by Gasteiger charge is -2.28. The summed E-state index contributed by atoms with van der Waals surface area (Å²) >= 11 is 0. The van der Waals surface area contributed by atoms with E-state index in [4.69, 9.17) is 9.47 Å². The van der Waals surface area contributed by atoms with Gasteiger partial charge in [-0.2, -0.15) is 13.2 Å². The minimum absolute atomic E-state index is 0.0843. The number of hydrogen-bond acceptors (Lipinski definition) is 4. The average molecular weight is 309 g/mol. The lowest BCUT2D eigenvalue weighted by atomic mass is 10.1. The standard InChI is InChI=1S/C13H15F4NO3/c14-10-4-8(3-9(5-10)13(15,16)17)11(7-19)21-12-6-18-1-2-20-12/h3-5,11-12,18-19H,1-2,6-7H2. The number of morpholine rings is 1. The summed E-state index contributed by atoms with van der Waals surface area (Å²) in [6.45, 7) is 0.792. The van der Waals surface area contributed by atoms with Crippen molar-refractivity contribution in [2.45, 2.75) is 18.6 Å². The van der Waals surface area contributed by atoms with Crippen LogP contribution in [0.4, 0.5) is 17.6 Å². The molecule has 0 radical (unpaired) electrons.